The van der Waals surface area contributed by atoms with Crippen LogP contribution in [0.15, 0.2) is 0 Å². The van der Waals surface area contributed by atoms with Crippen molar-refractivity contribution < 1.29 is 4.74 Å². The van der Waals surface area contributed by atoms with Gasteiger partial charge in [0.2, 0.25) is 0 Å². The van der Waals surface area contributed by atoms with E-state index in [1.165, 1.54) is 0 Å². The standard InChI is InChI=1S/C4H9N2O/c1-7-4-2-5-3-6-4/h3-6H,2H2,1H3. The normalized spacial score (nSPS) is 31.3. The molecule has 3 nitrogen and oxygen atoms in total. The van der Waals surface area contributed by atoms with Crippen molar-refractivity contribution in [1.82, 2.24) is 10.6 Å². The van der Waals surface area contributed by atoms with Crippen LogP contribution < -0.4 is 10.6 Å². The van der Waals surface area contributed by atoms with Gasteiger partial charge in [0.1, 0.15) is 6.23 Å². The zero-order valence-corrected chi connectivity index (χ0v) is 4.27. The molecule has 1 unspecified atom stereocenters. The first-order valence-electron chi connectivity index (χ1n) is 2.27. The third kappa shape index (κ3) is 1.12. The summed E-state index contributed by atoms with van der Waals surface area (Å²) in [6, 6.07) is 0. The molecule has 2 N–H and O–H groups in total. The zero-order valence-electron chi connectivity index (χ0n) is 4.27. The van der Waals surface area contributed by atoms with E-state index < -0.39 is 0 Å². The van der Waals surface area contributed by atoms with Crippen molar-refractivity contribution in [2.24, 2.45) is 0 Å². The fourth-order valence-corrected chi connectivity index (χ4v) is 0.528. The molecule has 1 aliphatic heterocycles. The van der Waals surface area contributed by atoms with Gasteiger partial charge >= 0.3 is 0 Å². The Bertz CT molecular complexity index is 51.7. The summed E-state index contributed by atoms with van der Waals surface area (Å²) >= 11 is 0. The molecule has 7 heavy (non-hydrogen) atoms. The molecule has 0 saturated carbocycles. The number of methoxy groups -OCH3 is 1. The number of nitrogens with one attached hydrogen (secondary N) is 2. The van der Waals surface area contributed by atoms with Crippen LogP contribution in [0.4, 0.5) is 0 Å². The third-order valence-corrected chi connectivity index (χ3v) is 0.959. The van der Waals surface area contributed by atoms with Gasteiger partial charge in [0.25, 0.3) is 0 Å². The second-order valence-corrected chi connectivity index (χ2v) is 1.44. The van der Waals surface area contributed by atoms with Crippen molar-refractivity contribution >= 4 is 0 Å². The molecule has 0 bridgehead atoms. The minimum absolute atomic E-state index is 0.181. The van der Waals surface area contributed by atoms with Crippen LogP contribution in [0.3, 0.4) is 0 Å². The number of ether oxygens (including phenoxy) is 1. The second kappa shape index (κ2) is 2.26. The summed E-state index contributed by atoms with van der Waals surface area (Å²) in [6.45, 7) is 2.66. The maximum Gasteiger partial charge on any atom is 0.121 e. The molecule has 1 fully saturated rings. The van der Waals surface area contributed by atoms with E-state index >= 15 is 0 Å². The van der Waals surface area contributed by atoms with Crippen molar-refractivity contribution in [3.05, 3.63) is 6.67 Å². The van der Waals surface area contributed by atoms with Gasteiger partial charge in [-0.05, 0) is 0 Å². The molecule has 0 spiro atoms. The largest absolute Gasteiger partial charge is 0.365 e. The van der Waals surface area contributed by atoms with Crippen molar-refractivity contribution in [3.8, 4) is 0 Å². The number of hydrogen-bond acceptors (Lipinski definition) is 3. The molecule has 0 aromatic carbocycles. The second-order valence-electron chi connectivity index (χ2n) is 1.44. The van der Waals surface area contributed by atoms with Gasteiger partial charge in [-0.2, -0.15) is 0 Å². The Morgan fingerprint density at radius 2 is 2.71 bits per heavy atom. The summed E-state index contributed by atoms with van der Waals surface area (Å²) in [5.74, 6) is 0. The van der Waals surface area contributed by atoms with E-state index in [1.54, 1.807) is 13.8 Å². The van der Waals surface area contributed by atoms with Gasteiger partial charge in [-0.3, -0.25) is 10.6 Å². The van der Waals surface area contributed by atoms with Crippen LogP contribution in [-0.4, -0.2) is 19.9 Å². The Morgan fingerprint density at radius 1 is 1.86 bits per heavy atom. The lowest BCUT2D eigenvalue weighted by atomic mass is 10.6. The summed E-state index contributed by atoms with van der Waals surface area (Å²) in [5.41, 5.74) is 0. The molecule has 1 heterocycles. The molecule has 3 heteroatoms. The van der Waals surface area contributed by atoms with E-state index in [9.17, 15) is 0 Å². The molecule has 1 aliphatic rings. The minimum Gasteiger partial charge on any atom is -0.365 e. The molecule has 1 atom stereocenters. The highest BCUT2D eigenvalue weighted by molar-refractivity contribution is 4.74. The summed E-state index contributed by atoms with van der Waals surface area (Å²) in [5, 5.41) is 5.91. The third-order valence-electron chi connectivity index (χ3n) is 0.959. The first kappa shape index (κ1) is 5.03. The van der Waals surface area contributed by atoms with Gasteiger partial charge in [-0.15, -0.1) is 0 Å². The highest BCUT2D eigenvalue weighted by Gasteiger charge is 2.10. The van der Waals surface area contributed by atoms with Crippen LogP contribution in [-0.2, 0) is 4.74 Å². The first-order valence-corrected chi connectivity index (χ1v) is 2.27. The number of hydrogen-bond donors (Lipinski definition) is 2. The van der Waals surface area contributed by atoms with E-state index in [4.69, 9.17) is 4.74 Å². The molecular formula is C4H9N2O. The van der Waals surface area contributed by atoms with Crippen LogP contribution >= 0.6 is 0 Å². The Labute approximate surface area is 43.0 Å². The van der Waals surface area contributed by atoms with Crippen LogP contribution in [0.5, 0.6) is 0 Å². The van der Waals surface area contributed by atoms with Gasteiger partial charge in [-0.1, -0.05) is 0 Å². The number of rotatable bonds is 1. The Hall–Kier alpha value is -0.120. The lowest BCUT2D eigenvalue weighted by molar-refractivity contribution is 0.103. The molecule has 0 aromatic heterocycles. The maximum atomic E-state index is 4.91. The highest BCUT2D eigenvalue weighted by Crippen LogP contribution is 1.87. The quantitative estimate of drug-likeness (QED) is 0.457. The van der Waals surface area contributed by atoms with Crippen LogP contribution in [0.25, 0.3) is 0 Å². The van der Waals surface area contributed by atoms with E-state index in [0.29, 0.717) is 0 Å². The smallest absolute Gasteiger partial charge is 0.121 e. The van der Waals surface area contributed by atoms with E-state index in [0.717, 1.165) is 6.54 Å². The van der Waals surface area contributed by atoms with E-state index in [-0.39, 0.29) is 6.23 Å². The molecule has 1 radical (unpaired) electrons. The van der Waals surface area contributed by atoms with Crippen LogP contribution in [0.2, 0.25) is 0 Å². The van der Waals surface area contributed by atoms with Gasteiger partial charge in [-0.25, -0.2) is 0 Å². The molecular weight excluding hydrogens is 92.1 g/mol. The predicted octanol–water partition coefficient (Wildman–Crippen LogP) is -0.729. The minimum atomic E-state index is 0.181. The molecule has 0 aromatic rings. The van der Waals surface area contributed by atoms with Gasteiger partial charge < -0.3 is 4.74 Å². The fourth-order valence-electron chi connectivity index (χ4n) is 0.528. The average Bonchev–Trinajstić information content (AvgIpc) is 2.14. The SMILES string of the molecule is COC1CN[CH]N1. The Morgan fingerprint density at radius 3 is 3.00 bits per heavy atom. The van der Waals surface area contributed by atoms with Gasteiger partial charge in [0.05, 0.1) is 6.67 Å². The lowest BCUT2D eigenvalue weighted by Crippen LogP contribution is -2.23. The molecule has 0 amide bonds. The van der Waals surface area contributed by atoms with Crippen LogP contribution in [0.1, 0.15) is 0 Å². The monoisotopic (exact) mass is 101 g/mol. The molecule has 41 valence electrons. The summed E-state index contributed by atoms with van der Waals surface area (Å²) in [6.07, 6.45) is 0.181. The van der Waals surface area contributed by atoms with Crippen molar-refractivity contribution in [2.75, 3.05) is 13.7 Å². The zero-order chi connectivity index (χ0) is 5.11. The highest BCUT2D eigenvalue weighted by atomic mass is 16.5. The maximum absolute atomic E-state index is 4.91. The van der Waals surface area contributed by atoms with Gasteiger partial charge in [0.15, 0.2) is 0 Å². The molecule has 1 saturated heterocycles. The lowest BCUT2D eigenvalue weighted by Gasteiger charge is -2.02. The summed E-state index contributed by atoms with van der Waals surface area (Å²) < 4.78 is 4.91. The van der Waals surface area contributed by atoms with E-state index in [1.807, 2.05) is 0 Å². The predicted molar refractivity (Wildman–Crippen MR) is 26.2 cm³/mol. The summed E-state index contributed by atoms with van der Waals surface area (Å²) in [4.78, 5) is 0. The van der Waals surface area contributed by atoms with Crippen molar-refractivity contribution in [3.63, 3.8) is 0 Å². The Balaban J connectivity index is 2.14. The molecule has 1 rings (SSSR count). The first-order chi connectivity index (χ1) is 3.43. The van der Waals surface area contributed by atoms with Gasteiger partial charge in [0, 0.05) is 13.7 Å². The summed E-state index contributed by atoms with van der Waals surface area (Å²) in [7, 11) is 1.68. The molecule has 0 aliphatic carbocycles. The van der Waals surface area contributed by atoms with Crippen LogP contribution in [0, 0.1) is 6.67 Å². The van der Waals surface area contributed by atoms with Crippen molar-refractivity contribution in [1.29, 1.82) is 0 Å². The van der Waals surface area contributed by atoms with E-state index in [2.05, 4.69) is 10.6 Å². The Kier molecular flexibility index (Phi) is 1.62. The topological polar surface area (TPSA) is 33.3 Å². The fraction of sp³-hybridized carbons (Fsp3) is 0.750. The average molecular weight is 101 g/mol. The van der Waals surface area contributed by atoms with Crippen molar-refractivity contribution in [2.45, 2.75) is 6.23 Å².